The van der Waals surface area contributed by atoms with Crippen molar-refractivity contribution in [1.82, 2.24) is 19.9 Å². The van der Waals surface area contributed by atoms with E-state index in [1.54, 1.807) is 12.3 Å². The Morgan fingerprint density at radius 1 is 0.956 bits per heavy atom. The largest absolute Gasteiger partial charge is 0.351 e. The zero-order chi connectivity index (χ0) is 32.9. The van der Waals surface area contributed by atoms with Crippen LogP contribution in [0.15, 0.2) is 53.6 Å². The zero-order valence-corrected chi connectivity index (χ0v) is 27.9. The molecule has 5 rings (SSSR count). The molecule has 0 unspecified atom stereocenters. The average Bonchev–Trinajstić information content (AvgIpc) is 3.40. The van der Waals surface area contributed by atoms with Crippen LogP contribution in [0.2, 0.25) is 0 Å². The smallest absolute Gasteiger partial charge is 0.265 e. The fourth-order valence-electron chi connectivity index (χ4n) is 5.80. The molecule has 3 heterocycles. The second-order valence-corrected chi connectivity index (χ2v) is 15.6. The molecule has 240 valence electrons. The second-order valence-electron chi connectivity index (χ2n) is 13.0. The van der Waals surface area contributed by atoms with Crippen molar-refractivity contribution in [1.29, 1.82) is 0 Å². The number of hydrogen-bond acceptors (Lipinski definition) is 8. The molecule has 1 aliphatic heterocycles. The molecule has 1 aliphatic rings. The molecule has 2 N–H and O–H groups in total. The number of rotatable bonds is 8. The highest BCUT2D eigenvalue weighted by Crippen LogP contribution is 2.41. The lowest BCUT2D eigenvalue weighted by Gasteiger charge is -2.53. The lowest BCUT2D eigenvalue weighted by Crippen LogP contribution is -2.61. The Balaban J connectivity index is 1.50. The first-order chi connectivity index (χ1) is 21.0. The molecule has 0 saturated carbocycles. The minimum absolute atomic E-state index is 0.0315. The van der Waals surface area contributed by atoms with Crippen LogP contribution in [-0.2, 0) is 10.0 Å². The van der Waals surface area contributed by atoms with Gasteiger partial charge in [-0.25, -0.2) is 36.5 Å². The van der Waals surface area contributed by atoms with E-state index in [0.29, 0.717) is 39.9 Å². The number of thiazole rings is 1. The van der Waals surface area contributed by atoms with Crippen molar-refractivity contribution in [3.05, 3.63) is 71.1 Å². The molecule has 0 radical (unpaired) electrons. The van der Waals surface area contributed by atoms with E-state index in [1.165, 1.54) is 23.5 Å². The van der Waals surface area contributed by atoms with Gasteiger partial charge < -0.3 is 5.32 Å². The maximum Gasteiger partial charge on any atom is 0.265 e. The number of sulfonamides is 1. The third-order valence-electron chi connectivity index (χ3n) is 8.33. The number of nitrogens with one attached hydrogen (secondary N) is 2. The van der Waals surface area contributed by atoms with Crippen molar-refractivity contribution < 1.29 is 21.6 Å². The molecule has 0 atom stereocenters. The van der Waals surface area contributed by atoms with Gasteiger partial charge in [-0.3, -0.25) is 9.62 Å². The van der Waals surface area contributed by atoms with Crippen molar-refractivity contribution in [3.63, 3.8) is 0 Å². The Kier molecular flexibility index (Phi) is 8.75. The van der Waals surface area contributed by atoms with Crippen LogP contribution in [-0.4, -0.2) is 52.4 Å². The van der Waals surface area contributed by atoms with E-state index in [9.17, 15) is 21.6 Å². The summed E-state index contributed by atoms with van der Waals surface area (Å²) in [5.74, 6) is -2.45. The van der Waals surface area contributed by atoms with Gasteiger partial charge in [0.1, 0.15) is 22.3 Å². The maximum atomic E-state index is 14.9. The lowest BCUT2D eigenvalue weighted by atomic mass is 9.77. The van der Waals surface area contributed by atoms with Gasteiger partial charge >= 0.3 is 0 Å². The minimum Gasteiger partial charge on any atom is -0.351 e. The number of benzene rings is 2. The standard InChI is InChI=1S/C32H37F3N6O2S2/c1-18(2)29-39-27(19-8-10-22(34)25(14-19)40-45(42,43)26-15-20(33)9-11-23(26)35)28(44-29)24-12-13-36-30(38-24)37-21-16-31(3,4)41(7)32(5,6)17-21/h8-15,18,21,40H,16-17H2,1-7H3,(H,36,37,38). The van der Waals surface area contributed by atoms with Crippen molar-refractivity contribution in [3.8, 4) is 21.8 Å². The predicted molar refractivity (Wildman–Crippen MR) is 172 cm³/mol. The summed E-state index contributed by atoms with van der Waals surface area (Å²) >= 11 is 1.43. The molecule has 0 aliphatic carbocycles. The number of aromatic nitrogens is 3. The number of piperidine rings is 1. The molecule has 1 saturated heterocycles. The highest BCUT2D eigenvalue weighted by molar-refractivity contribution is 7.92. The van der Waals surface area contributed by atoms with Crippen LogP contribution in [0.1, 0.15) is 65.3 Å². The Morgan fingerprint density at radius 3 is 2.29 bits per heavy atom. The Bertz CT molecular complexity index is 1820. The molecule has 2 aromatic carbocycles. The molecule has 4 aromatic rings. The third kappa shape index (κ3) is 6.85. The summed E-state index contributed by atoms with van der Waals surface area (Å²) in [6.45, 7) is 12.9. The predicted octanol–water partition coefficient (Wildman–Crippen LogP) is 7.67. The van der Waals surface area contributed by atoms with E-state index in [1.807, 2.05) is 13.8 Å². The number of anilines is 2. The van der Waals surface area contributed by atoms with Gasteiger partial charge in [-0.05, 0) is 90.0 Å². The van der Waals surface area contributed by atoms with E-state index in [2.05, 4.69) is 54.7 Å². The summed E-state index contributed by atoms with van der Waals surface area (Å²) in [5.41, 5.74) is 1.00. The molecule has 0 spiro atoms. The van der Waals surface area contributed by atoms with E-state index in [0.717, 1.165) is 30.0 Å². The van der Waals surface area contributed by atoms with Crippen LogP contribution in [0.3, 0.4) is 0 Å². The van der Waals surface area contributed by atoms with E-state index < -0.39 is 38.1 Å². The fraction of sp³-hybridized carbons (Fsp3) is 0.406. The average molecular weight is 659 g/mol. The molecule has 0 amide bonds. The van der Waals surface area contributed by atoms with Crippen molar-refractivity contribution in [2.45, 2.75) is 82.3 Å². The van der Waals surface area contributed by atoms with Crippen LogP contribution in [0.5, 0.6) is 0 Å². The van der Waals surface area contributed by atoms with Crippen LogP contribution < -0.4 is 10.0 Å². The Labute approximate surface area is 266 Å². The highest BCUT2D eigenvalue weighted by Gasteiger charge is 2.43. The van der Waals surface area contributed by atoms with Crippen molar-refractivity contribution in [2.24, 2.45) is 0 Å². The second kappa shape index (κ2) is 12.0. The zero-order valence-electron chi connectivity index (χ0n) is 26.2. The van der Waals surface area contributed by atoms with Crippen LogP contribution in [0, 0.1) is 17.5 Å². The number of nitrogens with zero attached hydrogens (tertiary/aromatic N) is 4. The molecular weight excluding hydrogens is 622 g/mol. The quantitative estimate of drug-likeness (QED) is 0.200. The summed E-state index contributed by atoms with van der Waals surface area (Å²) < 4.78 is 70.9. The van der Waals surface area contributed by atoms with Gasteiger partial charge in [0.05, 0.1) is 27.0 Å². The monoisotopic (exact) mass is 658 g/mol. The first kappa shape index (κ1) is 32.8. The summed E-state index contributed by atoms with van der Waals surface area (Å²) in [6, 6.07) is 7.83. The molecule has 8 nitrogen and oxygen atoms in total. The number of likely N-dealkylation sites (tertiary alicyclic amines) is 1. The topological polar surface area (TPSA) is 100 Å². The van der Waals surface area contributed by atoms with Gasteiger partial charge in [0.15, 0.2) is 0 Å². The highest BCUT2D eigenvalue weighted by atomic mass is 32.2. The first-order valence-corrected chi connectivity index (χ1v) is 16.9. The van der Waals surface area contributed by atoms with Gasteiger partial charge in [0, 0.05) is 34.8 Å². The summed E-state index contributed by atoms with van der Waals surface area (Å²) in [6.07, 6.45) is 3.47. The van der Waals surface area contributed by atoms with Crippen LogP contribution in [0.25, 0.3) is 21.8 Å². The SMILES string of the molecule is CC(C)c1nc(-c2ccc(F)c(NS(=O)(=O)c3cc(F)ccc3F)c2)c(-c2ccnc(NC3CC(C)(C)N(C)C(C)(C)C3)n2)s1. The Morgan fingerprint density at radius 2 is 1.62 bits per heavy atom. The molecular formula is C32H37F3N6O2S2. The third-order valence-corrected chi connectivity index (χ3v) is 11.1. The molecule has 2 aromatic heterocycles. The van der Waals surface area contributed by atoms with Crippen molar-refractivity contribution in [2.75, 3.05) is 17.1 Å². The fourth-order valence-corrected chi connectivity index (χ4v) is 8.01. The summed E-state index contributed by atoms with van der Waals surface area (Å²) in [4.78, 5) is 16.3. The minimum atomic E-state index is -4.65. The molecule has 0 bridgehead atoms. The molecule has 1 fully saturated rings. The maximum absolute atomic E-state index is 14.9. The van der Waals surface area contributed by atoms with Crippen molar-refractivity contribution >= 4 is 33.0 Å². The van der Waals surface area contributed by atoms with Gasteiger partial charge in [-0.2, -0.15) is 0 Å². The van der Waals surface area contributed by atoms with Gasteiger partial charge in [-0.15, -0.1) is 11.3 Å². The summed E-state index contributed by atoms with van der Waals surface area (Å²) in [5, 5.41) is 4.34. The first-order valence-electron chi connectivity index (χ1n) is 14.6. The molecule has 45 heavy (non-hydrogen) atoms. The van der Waals surface area contributed by atoms with E-state index >= 15 is 0 Å². The lowest BCUT2D eigenvalue weighted by molar-refractivity contribution is -0.00778. The van der Waals surface area contributed by atoms with Crippen LogP contribution >= 0.6 is 11.3 Å². The molecule has 13 heteroatoms. The summed E-state index contributed by atoms with van der Waals surface area (Å²) in [7, 11) is -2.50. The normalized spacial score (nSPS) is 17.0. The Hall–Kier alpha value is -3.55. The van der Waals surface area contributed by atoms with E-state index in [-0.39, 0.29) is 23.0 Å². The van der Waals surface area contributed by atoms with E-state index in [4.69, 9.17) is 9.97 Å². The number of hydrogen-bond donors (Lipinski definition) is 2. The van der Waals surface area contributed by atoms with Crippen LogP contribution in [0.4, 0.5) is 24.8 Å². The number of halogens is 3. The van der Waals surface area contributed by atoms with Gasteiger partial charge in [-0.1, -0.05) is 13.8 Å². The van der Waals surface area contributed by atoms with Gasteiger partial charge in [0.2, 0.25) is 5.95 Å². The van der Waals surface area contributed by atoms with Gasteiger partial charge in [0.25, 0.3) is 10.0 Å².